The van der Waals surface area contributed by atoms with Crippen LogP contribution in [0.25, 0.3) is 0 Å². The standard InChI is InChI=1S/C12H18BrClN2O2S2/c1-8-6-16(7-9(2)15(8)3)20(17,18)11-4-10(5-14)19-12(11)13/h4,8-9H,5-7H2,1-3H3. The SMILES string of the molecule is CC1CN(S(=O)(=O)c2cc(CCl)sc2Br)CC(C)N1C. The molecule has 1 aromatic heterocycles. The summed E-state index contributed by atoms with van der Waals surface area (Å²) < 4.78 is 27.8. The van der Waals surface area contributed by atoms with Gasteiger partial charge in [0.1, 0.15) is 4.90 Å². The van der Waals surface area contributed by atoms with Crippen molar-refractivity contribution in [3.05, 3.63) is 14.7 Å². The molecular formula is C12H18BrClN2O2S2. The molecule has 0 N–H and O–H groups in total. The van der Waals surface area contributed by atoms with E-state index >= 15 is 0 Å². The van der Waals surface area contributed by atoms with Gasteiger partial charge in [0, 0.05) is 30.1 Å². The molecule has 1 aliphatic heterocycles. The zero-order chi connectivity index (χ0) is 15.1. The molecule has 0 aliphatic carbocycles. The third kappa shape index (κ3) is 3.08. The van der Waals surface area contributed by atoms with Gasteiger partial charge in [-0.3, -0.25) is 4.90 Å². The molecule has 1 fully saturated rings. The van der Waals surface area contributed by atoms with Gasteiger partial charge < -0.3 is 0 Å². The van der Waals surface area contributed by atoms with Crippen LogP contribution >= 0.6 is 38.9 Å². The van der Waals surface area contributed by atoms with E-state index in [1.54, 1.807) is 10.4 Å². The van der Waals surface area contributed by atoms with Crippen molar-refractivity contribution >= 4 is 48.9 Å². The first kappa shape index (κ1) is 16.7. The summed E-state index contributed by atoms with van der Waals surface area (Å²) >= 11 is 10.5. The fourth-order valence-corrected chi connectivity index (χ4v) is 6.66. The molecule has 4 nitrogen and oxygen atoms in total. The largest absolute Gasteiger partial charge is 0.298 e. The molecule has 2 rings (SSSR count). The first-order valence-electron chi connectivity index (χ1n) is 6.33. The summed E-state index contributed by atoms with van der Waals surface area (Å²) in [6.45, 7) is 5.12. The summed E-state index contributed by atoms with van der Waals surface area (Å²) in [6.07, 6.45) is 0. The summed E-state index contributed by atoms with van der Waals surface area (Å²) in [5.41, 5.74) is 0. The maximum Gasteiger partial charge on any atom is 0.245 e. The molecule has 0 bridgehead atoms. The van der Waals surface area contributed by atoms with E-state index in [1.807, 2.05) is 20.9 Å². The fourth-order valence-electron chi connectivity index (χ4n) is 2.33. The lowest BCUT2D eigenvalue weighted by Gasteiger charge is -2.41. The molecule has 1 aliphatic rings. The van der Waals surface area contributed by atoms with Gasteiger partial charge in [-0.05, 0) is 42.9 Å². The Kier molecular flexibility index (Phi) is 5.20. The van der Waals surface area contributed by atoms with Gasteiger partial charge in [0.2, 0.25) is 10.0 Å². The van der Waals surface area contributed by atoms with Crippen molar-refractivity contribution in [3.63, 3.8) is 0 Å². The van der Waals surface area contributed by atoms with Crippen molar-refractivity contribution in [2.45, 2.75) is 36.7 Å². The zero-order valence-electron chi connectivity index (χ0n) is 11.6. The van der Waals surface area contributed by atoms with Crippen molar-refractivity contribution < 1.29 is 8.42 Å². The quantitative estimate of drug-likeness (QED) is 0.731. The monoisotopic (exact) mass is 400 g/mol. The Labute approximate surface area is 137 Å². The Morgan fingerprint density at radius 1 is 1.40 bits per heavy atom. The predicted octanol–water partition coefficient (Wildman–Crippen LogP) is 2.96. The van der Waals surface area contributed by atoms with E-state index < -0.39 is 10.0 Å². The second-order valence-electron chi connectivity index (χ2n) is 5.17. The van der Waals surface area contributed by atoms with Crippen LogP contribution in [0.15, 0.2) is 14.7 Å². The van der Waals surface area contributed by atoms with Crippen molar-refractivity contribution in [3.8, 4) is 0 Å². The average molecular weight is 402 g/mol. The number of nitrogens with zero attached hydrogens (tertiary/aromatic N) is 2. The highest BCUT2D eigenvalue weighted by molar-refractivity contribution is 9.11. The molecule has 2 unspecified atom stereocenters. The van der Waals surface area contributed by atoms with E-state index in [0.29, 0.717) is 27.7 Å². The van der Waals surface area contributed by atoms with Crippen LogP contribution in [-0.2, 0) is 15.9 Å². The third-order valence-corrected chi connectivity index (χ3v) is 8.31. The molecule has 2 atom stereocenters. The molecule has 0 radical (unpaired) electrons. The van der Waals surface area contributed by atoms with Crippen LogP contribution in [0.4, 0.5) is 0 Å². The van der Waals surface area contributed by atoms with Gasteiger partial charge in [-0.15, -0.1) is 22.9 Å². The lowest BCUT2D eigenvalue weighted by molar-refractivity contribution is 0.105. The van der Waals surface area contributed by atoms with Gasteiger partial charge >= 0.3 is 0 Å². The number of halogens is 2. The number of alkyl halides is 1. The fraction of sp³-hybridized carbons (Fsp3) is 0.667. The van der Waals surface area contributed by atoms with E-state index in [4.69, 9.17) is 11.6 Å². The van der Waals surface area contributed by atoms with Crippen LogP contribution in [0.5, 0.6) is 0 Å². The summed E-state index contributed by atoms with van der Waals surface area (Å²) in [5.74, 6) is 0.328. The van der Waals surface area contributed by atoms with E-state index in [-0.39, 0.29) is 12.1 Å². The first-order valence-corrected chi connectivity index (χ1v) is 9.92. The summed E-state index contributed by atoms with van der Waals surface area (Å²) in [5, 5.41) is 0. The van der Waals surface area contributed by atoms with Gasteiger partial charge in [-0.25, -0.2) is 8.42 Å². The highest BCUT2D eigenvalue weighted by atomic mass is 79.9. The smallest absolute Gasteiger partial charge is 0.245 e. The summed E-state index contributed by atoms with van der Waals surface area (Å²) in [6, 6.07) is 2.09. The minimum absolute atomic E-state index is 0.207. The van der Waals surface area contributed by atoms with Crippen LogP contribution in [0.2, 0.25) is 0 Å². The van der Waals surface area contributed by atoms with Crippen molar-refractivity contribution in [1.82, 2.24) is 9.21 Å². The summed E-state index contributed by atoms with van der Waals surface area (Å²) in [7, 11) is -1.43. The second kappa shape index (κ2) is 6.22. The van der Waals surface area contributed by atoms with Gasteiger partial charge in [0.15, 0.2) is 0 Å². The molecule has 8 heteroatoms. The molecule has 20 heavy (non-hydrogen) atoms. The maximum atomic E-state index is 12.8. The number of hydrogen-bond acceptors (Lipinski definition) is 4. The van der Waals surface area contributed by atoms with E-state index in [1.165, 1.54) is 11.3 Å². The Balaban J connectivity index is 2.33. The van der Waals surface area contributed by atoms with Crippen molar-refractivity contribution in [1.29, 1.82) is 0 Å². The van der Waals surface area contributed by atoms with Crippen LogP contribution in [0.3, 0.4) is 0 Å². The average Bonchev–Trinajstić information content (AvgIpc) is 2.77. The maximum absolute atomic E-state index is 12.8. The van der Waals surface area contributed by atoms with Crippen LogP contribution in [0.1, 0.15) is 18.7 Å². The molecule has 0 amide bonds. The highest BCUT2D eigenvalue weighted by Gasteiger charge is 2.35. The molecule has 2 heterocycles. The van der Waals surface area contributed by atoms with Crippen LogP contribution in [-0.4, -0.2) is 49.8 Å². The minimum atomic E-state index is -3.46. The van der Waals surface area contributed by atoms with Gasteiger partial charge in [0.25, 0.3) is 0 Å². The minimum Gasteiger partial charge on any atom is -0.298 e. The molecule has 0 aromatic carbocycles. The topological polar surface area (TPSA) is 40.6 Å². The lowest BCUT2D eigenvalue weighted by atomic mass is 10.1. The molecule has 0 spiro atoms. The second-order valence-corrected chi connectivity index (χ2v) is 9.80. The number of sulfonamides is 1. The molecule has 114 valence electrons. The van der Waals surface area contributed by atoms with Crippen molar-refractivity contribution in [2.24, 2.45) is 0 Å². The number of hydrogen-bond donors (Lipinski definition) is 0. The Hall–Kier alpha value is 0.340. The number of piperazine rings is 1. The first-order chi connectivity index (χ1) is 9.27. The van der Waals surface area contributed by atoms with Crippen LogP contribution in [0, 0.1) is 0 Å². The Morgan fingerprint density at radius 2 is 1.95 bits per heavy atom. The number of thiophene rings is 1. The number of rotatable bonds is 3. The third-order valence-electron chi connectivity index (χ3n) is 3.78. The molecule has 1 saturated heterocycles. The van der Waals surface area contributed by atoms with E-state index in [9.17, 15) is 8.42 Å². The van der Waals surface area contributed by atoms with Gasteiger partial charge in [0.05, 0.1) is 9.67 Å². The molecule has 0 saturated carbocycles. The van der Waals surface area contributed by atoms with Crippen molar-refractivity contribution in [2.75, 3.05) is 20.1 Å². The predicted molar refractivity (Wildman–Crippen MR) is 87.0 cm³/mol. The van der Waals surface area contributed by atoms with E-state index in [0.717, 1.165) is 4.88 Å². The Bertz CT molecular complexity index is 578. The molecular weight excluding hydrogens is 384 g/mol. The van der Waals surface area contributed by atoms with Gasteiger partial charge in [-0.2, -0.15) is 4.31 Å². The highest BCUT2D eigenvalue weighted by Crippen LogP contribution is 2.35. The van der Waals surface area contributed by atoms with Gasteiger partial charge in [-0.1, -0.05) is 0 Å². The number of likely N-dealkylation sites (N-methyl/N-ethyl adjacent to an activating group) is 1. The van der Waals surface area contributed by atoms with Crippen LogP contribution < -0.4 is 0 Å². The van der Waals surface area contributed by atoms with E-state index in [2.05, 4.69) is 20.8 Å². The normalized spacial score (nSPS) is 26.1. The lowest BCUT2D eigenvalue weighted by Crippen LogP contribution is -2.56. The molecule has 1 aromatic rings. The zero-order valence-corrected chi connectivity index (χ0v) is 15.6. The Morgan fingerprint density at radius 3 is 2.40 bits per heavy atom. The summed E-state index contributed by atoms with van der Waals surface area (Å²) in [4.78, 5) is 3.40.